The monoisotopic (exact) mass is 336 g/mol. The number of nitrogens with one attached hydrogen (secondary N) is 1. The largest absolute Gasteiger partial charge is 0.469 e. The third-order valence-electron chi connectivity index (χ3n) is 5.32. The van der Waals surface area contributed by atoms with Crippen LogP contribution in [0.2, 0.25) is 0 Å². The highest BCUT2D eigenvalue weighted by Crippen LogP contribution is 2.51. The number of fused-ring (bicyclic) bond motifs is 2. The van der Waals surface area contributed by atoms with Crippen molar-refractivity contribution in [2.45, 2.75) is 18.5 Å². The molecule has 2 aliphatic rings. The fourth-order valence-corrected chi connectivity index (χ4v) is 4.25. The zero-order valence-corrected chi connectivity index (χ0v) is 14.1. The number of hydrogen-bond donors (Lipinski definition) is 1. The van der Waals surface area contributed by atoms with E-state index in [0.717, 1.165) is 16.8 Å². The first-order valence-electron chi connectivity index (χ1n) is 8.45. The first kappa shape index (κ1) is 15.8. The van der Waals surface area contributed by atoms with Crippen LogP contribution in [-0.4, -0.2) is 30.4 Å². The molecule has 2 atom stereocenters. The maximum atomic E-state index is 13.1. The Hall–Kier alpha value is -2.66. The molecule has 2 aromatic carbocycles. The second-order valence-electron chi connectivity index (χ2n) is 6.54. The summed E-state index contributed by atoms with van der Waals surface area (Å²) in [7, 11) is 1.38. The van der Waals surface area contributed by atoms with E-state index < -0.39 is 11.5 Å². The van der Waals surface area contributed by atoms with Crippen LogP contribution in [0, 0.1) is 5.92 Å². The van der Waals surface area contributed by atoms with Crippen LogP contribution in [0.4, 0.5) is 5.69 Å². The van der Waals surface area contributed by atoms with Crippen molar-refractivity contribution >= 4 is 17.6 Å². The average Bonchev–Trinajstić information content (AvgIpc) is 3.16. The van der Waals surface area contributed by atoms with E-state index in [1.807, 2.05) is 54.6 Å². The normalized spacial score (nSPS) is 25.0. The van der Waals surface area contributed by atoms with Gasteiger partial charge in [0.25, 0.3) is 5.91 Å². The van der Waals surface area contributed by atoms with E-state index in [1.54, 1.807) is 0 Å². The van der Waals surface area contributed by atoms with Gasteiger partial charge in [-0.1, -0.05) is 48.5 Å². The Kier molecular flexibility index (Phi) is 3.81. The number of amides is 1. The average molecular weight is 336 g/mol. The number of para-hydroxylation sites is 1. The first-order valence-corrected chi connectivity index (χ1v) is 8.45. The summed E-state index contributed by atoms with van der Waals surface area (Å²) >= 11 is 0. The number of nitrogens with zero attached hydrogens (tertiary/aromatic N) is 1. The first-order chi connectivity index (χ1) is 12.2. The summed E-state index contributed by atoms with van der Waals surface area (Å²) in [6.45, 7) is 1.27. The lowest BCUT2D eigenvalue weighted by Crippen LogP contribution is -2.52. The van der Waals surface area contributed by atoms with Crippen molar-refractivity contribution < 1.29 is 14.3 Å². The molecule has 1 fully saturated rings. The van der Waals surface area contributed by atoms with Crippen LogP contribution in [0.1, 0.15) is 17.5 Å². The van der Waals surface area contributed by atoms with Crippen LogP contribution in [0.5, 0.6) is 0 Å². The zero-order valence-electron chi connectivity index (χ0n) is 14.1. The molecule has 1 spiro atoms. The van der Waals surface area contributed by atoms with Crippen molar-refractivity contribution in [3.63, 3.8) is 0 Å². The summed E-state index contributed by atoms with van der Waals surface area (Å²) in [5.74, 6) is -0.982. The second kappa shape index (κ2) is 6.01. The minimum absolute atomic E-state index is 0.141. The van der Waals surface area contributed by atoms with Crippen molar-refractivity contribution in [1.82, 2.24) is 4.90 Å². The van der Waals surface area contributed by atoms with Crippen LogP contribution in [0.25, 0.3) is 0 Å². The molecule has 2 aliphatic heterocycles. The number of ether oxygens (including phenoxy) is 1. The molecule has 0 aromatic heterocycles. The fraction of sp³-hybridized carbons (Fsp3) is 0.300. The Morgan fingerprint density at radius 1 is 1.20 bits per heavy atom. The summed E-state index contributed by atoms with van der Waals surface area (Å²) < 4.78 is 5.04. The van der Waals surface area contributed by atoms with Gasteiger partial charge < -0.3 is 10.1 Å². The Balaban J connectivity index is 1.83. The van der Waals surface area contributed by atoms with Crippen molar-refractivity contribution in [1.29, 1.82) is 0 Å². The molecule has 128 valence electrons. The molecule has 1 amide bonds. The predicted molar refractivity (Wildman–Crippen MR) is 93.7 cm³/mol. The molecule has 4 rings (SSSR count). The third-order valence-corrected chi connectivity index (χ3v) is 5.32. The Morgan fingerprint density at radius 3 is 2.68 bits per heavy atom. The smallest absolute Gasteiger partial charge is 0.311 e. The molecule has 1 saturated heterocycles. The number of carbonyl (C=O) groups excluding carboxylic acids is 2. The topological polar surface area (TPSA) is 58.6 Å². The Labute approximate surface area is 146 Å². The van der Waals surface area contributed by atoms with Gasteiger partial charge in [-0.3, -0.25) is 14.5 Å². The molecule has 5 nitrogen and oxygen atoms in total. The fourth-order valence-electron chi connectivity index (χ4n) is 4.25. The molecule has 0 unspecified atom stereocenters. The molecule has 1 N–H and O–H groups in total. The van der Waals surface area contributed by atoms with E-state index in [2.05, 4.69) is 10.2 Å². The molecule has 2 aromatic rings. The van der Waals surface area contributed by atoms with E-state index in [0.29, 0.717) is 19.5 Å². The number of methoxy groups -OCH3 is 1. The summed E-state index contributed by atoms with van der Waals surface area (Å²) in [5, 5.41) is 2.97. The van der Waals surface area contributed by atoms with Crippen LogP contribution in [0.3, 0.4) is 0 Å². The van der Waals surface area contributed by atoms with Gasteiger partial charge in [-0.25, -0.2) is 0 Å². The predicted octanol–water partition coefficient (Wildman–Crippen LogP) is 2.53. The van der Waals surface area contributed by atoms with E-state index >= 15 is 0 Å². The van der Waals surface area contributed by atoms with Gasteiger partial charge in [0.15, 0.2) is 0 Å². The second-order valence-corrected chi connectivity index (χ2v) is 6.54. The highest BCUT2D eigenvalue weighted by molar-refractivity contribution is 6.08. The van der Waals surface area contributed by atoms with Crippen molar-refractivity contribution in [2.75, 3.05) is 19.0 Å². The Morgan fingerprint density at radius 2 is 1.92 bits per heavy atom. The van der Waals surface area contributed by atoms with Crippen LogP contribution < -0.4 is 5.32 Å². The van der Waals surface area contributed by atoms with E-state index in [1.165, 1.54) is 7.11 Å². The van der Waals surface area contributed by atoms with E-state index in [9.17, 15) is 9.59 Å². The Bertz CT molecular complexity index is 821. The molecule has 25 heavy (non-hydrogen) atoms. The number of anilines is 1. The number of rotatable bonds is 3. The molecule has 0 aliphatic carbocycles. The quantitative estimate of drug-likeness (QED) is 0.875. The summed E-state index contributed by atoms with van der Waals surface area (Å²) in [6, 6.07) is 17.6. The van der Waals surface area contributed by atoms with Gasteiger partial charge in [0.05, 0.1) is 13.0 Å². The molecule has 2 heterocycles. The van der Waals surface area contributed by atoms with Gasteiger partial charge in [0.1, 0.15) is 5.54 Å². The summed E-state index contributed by atoms with van der Waals surface area (Å²) in [4.78, 5) is 27.7. The van der Waals surface area contributed by atoms with Gasteiger partial charge in [-0.05, 0) is 18.1 Å². The van der Waals surface area contributed by atoms with Crippen molar-refractivity contribution in [3.05, 3.63) is 65.7 Å². The summed E-state index contributed by atoms with van der Waals surface area (Å²) in [6.07, 6.45) is 0.598. The molecule has 5 heteroatoms. The zero-order chi connectivity index (χ0) is 17.4. The number of carbonyl (C=O) groups is 2. The van der Waals surface area contributed by atoms with Gasteiger partial charge in [0, 0.05) is 24.3 Å². The SMILES string of the molecule is COC(=O)[C@@H]1CCN(Cc2ccccc2)[C@@]12C(=O)Nc1ccccc12. The minimum atomic E-state index is -1.00. The van der Waals surface area contributed by atoms with Crippen LogP contribution in [-0.2, 0) is 26.4 Å². The van der Waals surface area contributed by atoms with Gasteiger partial charge in [-0.15, -0.1) is 0 Å². The van der Waals surface area contributed by atoms with Gasteiger partial charge in [-0.2, -0.15) is 0 Å². The maximum Gasteiger partial charge on any atom is 0.311 e. The minimum Gasteiger partial charge on any atom is -0.469 e. The number of hydrogen-bond acceptors (Lipinski definition) is 4. The standard InChI is InChI=1S/C20H20N2O3/c1-25-18(23)16-11-12-22(13-14-7-3-2-4-8-14)20(16)15-9-5-6-10-17(15)21-19(20)24/h2-10,16H,11-13H2,1H3,(H,21,24)/t16-,20+/m0/s1. The van der Waals surface area contributed by atoms with Gasteiger partial charge in [0.2, 0.25) is 0 Å². The number of benzene rings is 2. The third kappa shape index (κ3) is 2.27. The van der Waals surface area contributed by atoms with E-state index in [-0.39, 0.29) is 11.9 Å². The number of likely N-dealkylation sites (tertiary alicyclic amines) is 1. The maximum absolute atomic E-state index is 13.1. The van der Waals surface area contributed by atoms with Gasteiger partial charge >= 0.3 is 5.97 Å². The molecule has 0 bridgehead atoms. The molecular weight excluding hydrogens is 316 g/mol. The lowest BCUT2D eigenvalue weighted by Gasteiger charge is -2.36. The molecule has 0 saturated carbocycles. The van der Waals surface area contributed by atoms with Crippen LogP contribution >= 0.6 is 0 Å². The lowest BCUT2D eigenvalue weighted by molar-refractivity contribution is -0.152. The molecule has 0 radical (unpaired) electrons. The highest BCUT2D eigenvalue weighted by atomic mass is 16.5. The van der Waals surface area contributed by atoms with Crippen molar-refractivity contribution in [2.24, 2.45) is 5.92 Å². The van der Waals surface area contributed by atoms with Crippen molar-refractivity contribution in [3.8, 4) is 0 Å². The highest BCUT2D eigenvalue weighted by Gasteiger charge is 2.62. The number of esters is 1. The van der Waals surface area contributed by atoms with Crippen LogP contribution in [0.15, 0.2) is 54.6 Å². The summed E-state index contributed by atoms with van der Waals surface area (Å²) in [5.41, 5.74) is 1.76. The van der Waals surface area contributed by atoms with E-state index in [4.69, 9.17) is 4.74 Å². The lowest BCUT2D eigenvalue weighted by atomic mass is 9.79. The molecular formula is C20H20N2O3.